The summed E-state index contributed by atoms with van der Waals surface area (Å²) in [5.41, 5.74) is 0. The number of guanidine groups is 1. The molecule has 0 aliphatic rings. The lowest BCUT2D eigenvalue weighted by Gasteiger charge is -2.20. The first-order valence-corrected chi connectivity index (χ1v) is 7.84. The summed E-state index contributed by atoms with van der Waals surface area (Å²) in [5.74, 6) is 0.966. The molecule has 0 rings (SSSR count). The third kappa shape index (κ3) is 10.8. The summed E-state index contributed by atoms with van der Waals surface area (Å²) in [4.78, 5) is 6.99. The molecule has 0 atom stereocenters. The highest BCUT2D eigenvalue weighted by Crippen LogP contribution is 1.98. The highest BCUT2D eigenvalue weighted by molar-refractivity contribution is 5.79. The van der Waals surface area contributed by atoms with Crippen LogP contribution < -0.4 is 10.6 Å². The van der Waals surface area contributed by atoms with E-state index in [1.807, 2.05) is 0 Å². The quantitative estimate of drug-likeness (QED) is 0.364. The third-order valence-electron chi connectivity index (χ3n) is 3.24. The summed E-state index contributed by atoms with van der Waals surface area (Å²) in [5, 5.41) is 6.66. The molecular weight excluding hydrogens is 236 g/mol. The molecule has 0 bridgehead atoms. The maximum atomic E-state index is 4.60. The zero-order chi connectivity index (χ0) is 14.5. The fourth-order valence-electron chi connectivity index (χ4n) is 1.65. The van der Waals surface area contributed by atoms with Crippen molar-refractivity contribution in [3.8, 4) is 0 Å². The van der Waals surface area contributed by atoms with Crippen LogP contribution in [-0.4, -0.2) is 50.1 Å². The normalized spacial score (nSPS) is 12.3. The molecule has 2 N–H and O–H groups in total. The first-order chi connectivity index (χ1) is 9.11. The SMILES string of the molecule is CCCCNC(=NCCCCN(C)C(C)C)NCC. The molecule has 114 valence electrons. The largest absolute Gasteiger partial charge is 0.357 e. The van der Waals surface area contributed by atoms with Gasteiger partial charge in [-0.15, -0.1) is 0 Å². The van der Waals surface area contributed by atoms with E-state index in [0.29, 0.717) is 6.04 Å². The van der Waals surface area contributed by atoms with Crippen molar-refractivity contribution >= 4 is 5.96 Å². The molecular formula is C15H34N4. The van der Waals surface area contributed by atoms with Crippen LogP contribution in [0, 0.1) is 0 Å². The van der Waals surface area contributed by atoms with E-state index in [4.69, 9.17) is 0 Å². The topological polar surface area (TPSA) is 39.7 Å². The second-order valence-corrected chi connectivity index (χ2v) is 5.32. The Balaban J connectivity index is 3.77. The molecule has 0 aromatic heterocycles. The first kappa shape index (κ1) is 18.2. The molecule has 0 saturated carbocycles. The molecule has 0 aliphatic heterocycles. The van der Waals surface area contributed by atoms with Crippen molar-refractivity contribution < 1.29 is 0 Å². The number of nitrogens with zero attached hydrogens (tertiary/aromatic N) is 2. The average molecular weight is 270 g/mol. The van der Waals surface area contributed by atoms with Crippen LogP contribution in [0.5, 0.6) is 0 Å². The van der Waals surface area contributed by atoms with Gasteiger partial charge in [-0.2, -0.15) is 0 Å². The predicted molar refractivity (Wildman–Crippen MR) is 85.9 cm³/mol. The van der Waals surface area contributed by atoms with Gasteiger partial charge in [0.2, 0.25) is 0 Å². The number of unbranched alkanes of at least 4 members (excludes halogenated alkanes) is 2. The lowest BCUT2D eigenvalue weighted by atomic mass is 10.2. The molecule has 0 unspecified atom stereocenters. The number of hydrogen-bond donors (Lipinski definition) is 2. The van der Waals surface area contributed by atoms with Crippen LogP contribution in [0.15, 0.2) is 4.99 Å². The molecule has 0 fully saturated rings. The second-order valence-electron chi connectivity index (χ2n) is 5.32. The van der Waals surface area contributed by atoms with Crippen LogP contribution in [0.4, 0.5) is 0 Å². The van der Waals surface area contributed by atoms with Crippen molar-refractivity contribution in [3.05, 3.63) is 0 Å². The lowest BCUT2D eigenvalue weighted by Crippen LogP contribution is -2.37. The Morgan fingerprint density at radius 2 is 1.84 bits per heavy atom. The van der Waals surface area contributed by atoms with Crippen LogP contribution in [0.2, 0.25) is 0 Å². The van der Waals surface area contributed by atoms with Gasteiger partial charge in [-0.3, -0.25) is 4.99 Å². The average Bonchev–Trinajstić information content (AvgIpc) is 2.38. The minimum Gasteiger partial charge on any atom is -0.357 e. The van der Waals surface area contributed by atoms with E-state index in [-0.39, 0.29) is 0 Å². The Bertz CT molecular complexity index is 226. The Morgan fingerprint density at radius 3 is 2.42 bits per heavy atom. The van der Waals surface area contributed by atoms with Crippen molar-refractivity contribution in [1.29, 1.82) is 0 Å². The Kier molecular flexibility index (Phi) is 11.8. The van der Waals surface area contributed by atoms with Gasteiger partial charge in [-0.25, -0.2) is 0 Å². The molecule has 0 saturated heterocycles. The molecule has 0 heterocycles. The van der Waals surface area contributed by atoms with E-state index in [2.05, 4.69) is 55.3 Å². The minimum absolute atomic E-state index is 0.636. The minimum atomic E-state index is 0.636. The van der Waals surface area contributed by atoms with Gasteiger partial charge in [0.05, 0.1) is 0 Å². The fraction of sp³-hybridized carbons (Fsp3) is 0.933. The van der Waals surface area contributed by atoms with Gasteiger partial charge in [-0.1, -0.05) is 13.3 Å². The summed E-state index contributed by atoms with van der Waals surface area (Å²) >= 11 is 0. The van der Waals surface area contributed by atoms with Crippen LogP contribution in [0.1, 0.15) is 53.4 Å². The second kappa shape index (κ2) is 12.3. The van der Waals surface area contributed by atoms with Gasteiger partial charge in [-0.05, 0) is 53.6 Å². The summed E-state index contributed by atoms with van der Waals surface area (Å²) < 4.78 is 0. The summed E-state index contributed by atoms with van der Waals surface area (Å²) in [7, 11) is 2.18. The van der Waals surface area contributed by atoms with Crippen molar-refractivity contribution in [2.24, 2.45) is 4.99 Å². The summed E-state index contributed by atoms with van der Waals surface area (Å²) in [6, 6.07) is 0.636. The Morgan fingerprint density at radius 1 is 1.11 bits per heavy atom. The first-order valence-electron chi connectivity index (χ1n) is 7.84. The maximum absolute atomic E-state index is 4.60. The van der Waals surface area contributed by atoms with Crippen LogP contribution >= 0.6 is 0 Å². The van der Waals surface area contributed by atoms with Gasteiger partial charge in [0.25, 0.3) is 0 Å². The zero-order valence-electron chi connectivity index (χ0n) is 13.6. The molecule has 0 amide bonds. The summed E-state index contributed by atoms with van der Waals surface area (Å²) in [6.07, 6.45) is 4.78. The van der Waals surface area contributed by atoms with Gasteiger partial charge < -0.3 is 15.5 Å². The molecule has 0 aromatic rings. The zero-order valence-corrected chi connectivity index (χ0v) is 13.6. The van der Waals surface area contributed by atoms with Gasteiger partial charge in [0.15, 0.2) is 5.96 Å². The number of aliphatic imine (C=N–C) groups is 1. The van der Waals surface area contributed by atoms with Gasteiger partial charge in [0, 0.05) is 25.7 Å². The standard InChI is InChI=1S/C15H34N4/c1-6-8-11-17-15(16-7-2)18-12-9-10-13-19(5)14(3)4/h14H,6-13H2,1-5H3,(H2,16,17,18). The molecule has 19 heavy (non-hydrogen) atoms. The third-order valence-corrected chi connectivity index (χ3v) is 3.24. The number of hydrogen-bond acceptors (Lipinski definition) is 2. The maximum Gasteiger partial charge on any atom is 0.191 e. The smallest absolute Gasteiger partial charge is 0.191 e. The summed E-state index contributed by atoms with van der Waals surface area (Å²) in [6.45, 7) is 12.8. The molecule has 0 radical (unpaired) electrons. The molecule has 0 aromatic carbocycles. The van der Waals surface area contributed by atoms with Gasteiger partial charge in [0.1, 0.15) is 0 Å². The number of nitrogens with one attached hydrogen (secondary N) is 2. The highest BCUT2D eigenvalue weighted by Gasteiger charge is 2.01. The van der Waals surface area contributed by atoms with E-state index in [1.54, 1.807) is 0 Å². The van der Waals surface area contributed by atoms with Crippen molar-refractivity contribution in [1.82, 2.24) is 15.5 Å². The van der Waals surface area contributed by atoms with Crippen molar-refractivity contribution in [2.75, 3.05) is 33.2 Å². The molecule has 0 spiro atoms. The Hall–Kier alpha value is -0.770. The molecule has 4 heteroatoms. The van der Waals surface area contributed by atoms with E-state index < -0.39 is 0 Å². The van der Waals surface area contributed by atoms with Crippen molar-refractivity contribution in [2.45, 2.75) is 59.4 Å². The van der Waals surface area contributed by atoms with Crippen molar-refractivity contribution in [3.63, 3.8) is 0 Å². The molecule has 0 aliphatic carbocycles. The van der Waals surface area contributed by atoms with E-state index >= 15 is 0 Å². The Labute approximate surface area is 120 Å². The highest BCUT2D eigenvalue weighted by atomic mass is 15.2. The van der Waals surface area contributed by atoms with Gasteiger partial charge >= 0.3 is 0 Å². The van der Waals surface area contributed by atoms with E-state index in [1.165, 1.54) is 19.3 Å². The lowest BCUT2D eigenvalue weighted by molar-refractivity contribution is 0.269. The van der Waals surface area contributed by atoms with Crippen LogP contribution in [0.25, 0.3) is 0 Å². The van der Waals surface area contributed by atoms with E-state index in [9.17, 15) is 0 Å². The fourth-order valence-corrected chi connectivity index (χ4v) is 1.65. The van der Waals surface area contributed by atoms with Crippen LogP contribution in [0.3, 0.4) is 0 Å². The van der Waals surface area contributed by atoms with E-state index in [0.717, 1.165) is 38.6 Å². The molecule has 4 nitrogen and oxygen atoms in total. The van der Waals surface area contributed by atoms with Crippen LogP contribution in [-0.2, 0) is 0 Å². The number of rotatable bonds is 10. The predicted octanol–water partition coefficient (Wildman–Crippen LogP) is 2.46. The monoisotopic (exact) mass is 270 g/mol.